The van der Waals surface area contributed by atoms with Gasteiger partial charge in [-0.05, 0) is 55.2 Å². The molecule has 0 spiro atoms. The van der Waals surface area contributed by atoms with Gasteiger partial charge >= 0.3 is 0 Å². The highest BCUT2D eigenvalue weighted by atomic mass is 35.5. The Hall–Kier alpha value is -1.67. The van der Waals surface area contributed by atoms with Gasteiger partial charge in [-0.2, -0.15) is 0 Å². The summed E-state index contributed by atoms with van der Waals surface area (Å²) in [6.45, 7) is 7.68. The zero-order valence-electron chi connectivity index (χ0n) is 12.9. The summed E-state index contributed by atoms with van der Waals surface area (Å²) >= 11 is 6.00. The topological polar surface area (TPSA) is 21.3 Å². The molecule has 112 valence electrons. The quantitative estimate of drug-likeness (QED) is 0.757. The van der Waals surface area contributed by atoms with E-state index in [1.54, 1.807) is 0 Å². The van der Waals surface area contributed by atoms with Crippen molar-refractivity contribution in [3.8, 4) is 5.75 Å². The lowest BCUT2D eigenvalue weighted by atomic mass is 10.1. The number of rotatable bonds is 6. The Labute approximate surface area is 132 Å². The molecule has 0 saturated heterocycles. The highest BCUT2D eigenvalue weighted by molar-refractivity contribution is 6.31. The molecule has 0 aliphatic carbocycles. The summed E-state index contributed by atoms with van der Waals surface area (Å²) in [5, 5.41) is 4.25. The van der Waals surface area contributed by atoms with E-state index in [0.717, 1.165) is 29.3 Å². The van der Waals surface area contributed by atoms with Crippen LogP contribution in [0.5, 0.6) is 5.75 Å². The molecule has 0 unspecified atom stereocenters. The first-order valence-corrected chi connectivity index (χ1v) is 7.71. The first kappa shape index (κ1) is 15.7. The van der Waals surface area contributed by atoms with Crippen molar-refractivity contribution in [3.63, 3.8) is 0 Å². The van der Waals surface area contributed by atoms with Crippen molar-refractivity contribution in [1.82, 2.24) is 0 Å². The second kappa shape index (κ2) is 7.37. The molecule has 2 aromatic carbocycles. The standard InChI is InChI=1S/C18H22ClNO/c1-4-15-7-5-6-13(2)18(15)20-10-11-21-16-8-9-17(19)14(3)12-16/h5-9,12,20H,4,10-11H2,1-3H3. The Morgan fingerprint density at radius 3 is 2.62 bits per heavy atom. The summed E-state index contributed by atoms with van der Waals surface area (Å²) in [4.78, 5) is 0. The lowest BCUT2D eigenvalue weighted by molar-refractivity contribution is 0.332. The monoisotopic (exact) mass is 303 g/mol. The van der Waals surface area contributed by atoms with Crippen LogP contribution >= 0.6 is 11.6 Å². The molecule has 1 N–H and O–H groups in total. The maximum Gasteiger partial charge on any atom is 0.119 e. The van der Waals surface area contributed by atoms with Crippen molar-refractivity contribution in [3.05, 3.63) is 58.1 Å². The summed E-state index contributed by atoms with van der Waals surface area (Å²) in [6.07, 6.45) is 1.03. The fourth-order valence-electron chi connectivity index (χ4n) is 2.33. The highest BCUT2D eigenvalue weighted by Gasteiger charge is 2.03. The molecular weight excluding hydrogens is 282 g/mol. The van der Waals surface area contributed by atoms with Crippen LogP contribution in [0.15, 0.2) is 36.4 Å². The van der Waals surface area contributed by atoms with Crippen LogP contribution in [0.4, 0.5) is 5.69 Å². The molecule has 0 heterocycles. The number of hydrogen-bond acceptors (Lipinski definition) is 2. The van der Waals surface area contributed by atoms with Gasteiger partial charge < -0.3 is 10.1 Å². The lowest BCUT2D eigenvalue weighted by Crippen LogP contribution is -2.13. The van der Waals surface area contributed by atoms with Gasteiger partial charge in [-0.15, -0.1) is 0 Å². The minimum Gasteiger partial charge on any atom is -0.492 e. The maximum absolute atomic E-state index is 6.00. The summed E-state index contributed by atoms with van der Waals surface area (Å²) < 4.78 is 5.76. The van der Waals surface area contributed by atoms with Crippen LogP contribution in [-0.4, -0.2) is 13.2 Å². The summed E-state index contributed by atoms with van der Waals surface area (Å²) in [6, 6.07) is 12.1. The second-order valence-corrected chi connectivity index (χ2v) is 5.56. The van der Waals surface area contributed by atoms with E-state index in [2.05, 4.69) is 37.4 Å². The average Bonchev–Trinajstić information content (AvgIpc) is 2.48. The largest absolute Gasteiger partial charge is 0.492 e. The molecule has 0 bridgehead atoms. The molecule has 2 nitrogen and oxygen atoms in total. The van der Waals surface area contributed by atoms with Gasteiger partial charge in [0.25, 0.3) is 0 Å². The molecule has 0 saturated carbocycles. The van der Waals surface area contributed by atoms with Gasteiger partial charge in [0, 0.05) is 17.3 Å². The summed E-state index contributed by atoms with van der Waals surface area (Å²) in [5.74, 6) is 0.860. The van der Waals surface area contributed by atoms with Crippen LogP contribution in [0.25, 0.3) is 0 Å². The van der Waals surface area contributed by atoms with Gasteiger partial charge in [-0.3, -0.25) is 0 Å². The van der Waals surface area contributed by atoms with Crippen LogP contribution in [0.1, 0.15) is 23.6 Å². The number of anilines is 1. The van der Waals surface area contributed by atoms with Crippen LogP contribution < -0.4 is 10.1 Å². The lowest BCUT2D eigenvalue weighted by Gasteiger charge is -2.14. The second-order valence-electron chi connectivity index (χ2n) is 5.15. The molecule has 0 fully saturated rings. The molecule has 0 aliphatic heterocycles. The van der Waals surface area contributed by atoms with Crippen LogP contribution in [0.2, 0.25) is 5.02 Å². The van der Waals surface area contributed by atoms with Crippen LogP contribution in [-0.2, 0) is 6.42 Å². The molecule has 0 amide bonds. The molecule has 2 rings (SSSR count). The number of aryl methyl sites for hydroxylation is 3. The minimum atomic E-state index is 0.624. The fourth-order valence-corrected chi connectivity index (χ4v) is 2.45. The van der Waals surface area contributed by atoms with Crippen molar-refractivity contribution in [1.29, 1.82) is 0 Å². The predicted octanol–water partition coefficient (Wildman–Crippen LogP) is 5.01. The molecule has 21 heavy (non-hydrogen) atoms. The first-order chi connectivity index (χ1) is 10.1. The predicted molar refractivity (Wildman–Crippen MR) is 90.7 cm³/mol. The van der Waals surface area contributed by atoms with Crippen molar-refractivity contribution in [2.45, 2.75) is 27.2 Å². The molecular formula is C18H22ClNO. The minimum absolute atomic E-state index is 0.624. The summed E-state index contributed by atoms with van der Waals surface area (Å²) in [7, 11) is 0. The Balaban J connectivity index is 1.89. The number of benzene rings is 2. The normalized spacial score (nSPS) is 10.5. The highest BCUT2D eigenvalue weighted by Crippen LogP contribution is 2.22. The van der Waals surface area contributed by atoms with E-state index in [4.69, 9.17) is 16.3 Å². The van der Waals surface area contributed by atoms with Gasteiger partial charge in [0.15, 0.2) is 0 Å². The Morgan fingerprint density at radius 1 is 1.10 bits per heavy atom. The van der Waals surface area contributed by atoms with E-state index < -0.39 is 0 Å². The number of para-hydroxylation sites is 1. The Bertz CT molecular complexity index is 610. The van der Waals surface area contributed by atoms with E-state index in [0.29, 0.717) is 6.61 Å². The van der Waals surface area contributed by atoms with Crippen molar-refractivity contribution < 1.29 is 4.74 Å². The molecule has 2 aromatic rings. The van der Waals surface area contributed by atoms with E-state index in [9.17, 15) is 0 Å². The third-order valence-electron chi connectivity index (χ3n) is 3.54. The zero-order valence-corrected chi connectivity index (χ0v) is 13.6. The van der Waals surface area contributed by atoms with E-state index in [-0.39, 0.29) is 0 Å². The smallest absolute Gasteiger partial charge is 0.119 e. The maximum atomic E-state index is 6.00. The van der Waals surface area contributed by atoms with Gasteiger partial charge in [-0.1, -0.05) is 36.7 Å². The third-order valence-corrected chi connectivity index (χ3v) is 3.97. The SMILES string of the molecule is CCc1cccc(C)c1NCCOc1ccc(Cl)c(C)c1. The van der Waals surface area contributed by atoms with Crippen molar-refractivity contribution >= 4 is 17.3 Å². The Kier molecular flexibility index (Phi) is 5.51. The molecule has 0 atom stereocenters. The molecule has 0 aromatic heterocycles. The van der Waals surface area contributed by atoms with Gasteiger partial charge in [0.2, 0.25) is 0 Å². The zero-order chi connectivity index (χ0) is 15.2. The Morgan fingerprint density at radius 2 is 1.90 bits per heavy atom. The third kappa shape index (κ3) is 4.15. The van der Waals surface area contributed by atoms with Crippen molar-refractivity contribution in [2.24, 2.45) is 0 Å². The number of ether oxygens (including phenoxy) is 1. The average molecular weight is 304 g/mol. The molecule has 0 radical (unpaired) electrons. The van der Waals surface area contributed by atoms with E-state index in [1.807, 2.05) is 25.1 Å². The van der Waals surface area contributed by atoms with Crippen molar-refractivity contribution in [2.75, 3.05) is 18.5 Å². The fraction of sp³-hybridized carbons (Fsp3) is 0.333. The summed E-state index contributed by atoms with van der Waals surface area (Å²) in [5.41, 5.74) is 4.89. The molecule has 3 heteroatoms. The number of halogens is 1. The first-order valence-electron chi connectivity index (χ1n) is 7.33. The van der Waals surface area contributed by atoms with Crippen LogP contribution in [0.3, 0.4) is 0 Å². The van der Waals surface area contributed by atoms with E-state index >= 15 is 0 Å². The van der Waals surface area contributed by atoms with Crippen LogP contribution in [0, 0.1) is 13.8 Å². The number of hydrogen-bond donors (Lipinski definition) is 1. The van der Waals surface area contributed by atoms with Gasteiger partial charge in [-0.25, -0.2) is 0 Å². The van der Waals surface area contributed by atoms with Gasteiger partial charge in [0.05, 0.1) is 0 Å². The van der Waals surface area contributed by atoms with E-state index in [1.165, 1.54) is 16.8 Å². The number of nitrogens with one attached hydrogen (secondary N) is 1. The molecule has 0 aliphatic rings. The van der Waals surface area contributed by atoms with Gasteiger partial charge in [0.1, 0.15) is 12.4 Å².